The zero-order valence-corrected chi connectivity index (χ0v) is 18.3. The van der Waals surface area contributed by atoms with Crippen LogP contribution in [0.25, 0.3) is 5.70 Å². The Kier molecular flexibility index (Phi) is 6.39. The number of anilines is 1. The van der Waals surface area contributed by atoms with Crippen molar-refractivity contribution in [1.82, 2.24) is 14.5 Å². The quantitative estimate of drug-likeness (QED) is 0.523. The fourth-order valence-electron chi connectivity index (χ4n) is 3.46. The van der Waals surface area contributed by atoms with Gasteiger partial charge in [0.25, 0.3) is 5.56 Å². The number of benzene rings is 1. The van der Waals surface area contributed by atoms with Gasteiger partial charge in [-0.25, -0.2) is 9.78 Å². The van der Waals surface area contributed by atoms with Gasteiger partial charge >= 0.3 is 5.97 Å². The number of hydrogen-bond donors (Lipinski definition) is 0. The minimum atomic E-state index is -0.686. The van der Waals surface area contributed by atoms with Crippen LogP contribution in [-0.4, -0.2) is 54.5 Å². The van der Waals surface area contributed by atoms with E-state index in [0.29, 0.717) is 17.1 Å². The van der Waals surface area contributed by atoms with Crippen LogP contribution >= 0.6 is 0 Å². The van der Waals surface area contributed by atoms with Crippen LogP contribution in [-0.2, 0) is 4.74 Å². The molecule has 1 aromatic heterocycles. The Bertz CT molecular complexity index is 1110. The summed E-state index contributed by atoms with van der Waals surface area (Å²) in [5, 5.41) is 0. The Morgan fingerprint density at radius 3 is 2.48 bits per heavy atom. The number of rotatable bonds is 6. The molecule has 0 radical (unpaired) electrons. The van der Waals surface area contributed by atoms with Crippen LogP contribution in [0.4, 0.5) is 5.69 Å². The molecular weight excluding hydrogens is 396 g/mol. The van der Waals surface area contributed by atoms with Crippen molar-refractivity contribution in [3.63, 3.8) is 0 Å². The molecule has 0 fully saturated rings. The number of esters is 1. The van der Waals surface area contributed by atoms with Gasteiger partial charge in [0.1, 0.15) is 11.8 Å². The fraction of sp³-hybridized carbons (Fsp3) is 0.304. The van der Waals surface area contributed by atoms with E-state index in [1.54, 1.807) is 19.1 Å². The third-order valence-corrected chi connectivity index (χ3v) is 5.08. The minimum absolute atomic E-state index is 0.0964. The predicted molar refractivity (Wildman–Crippen MR) is 119 cm³/mol. The van der Waals surface area contributed by atoms with Crippen LogP contribution < -0.4 is 10.5 Å². The standard InChI is InChI=1S/C23H26N4O4/c1-6-31-23(30)19-12-24-21-20(26(5)18-9-7-16(14-28)8-10-18)11-17(13-25(3)4)15(2)27(21)22(19)29/h7-15H,6H2,1-5H3/b17-13-. The summed E-state index contributed by atoms with van der Waals surface area (Å²) in [6.45, 7) is 3.75. The molecule has 0 spiro atoms. The highest BCUT2D eigenvalue weighted by molar-refractivity contribution is 5.89. The van der Waals surface area contributed by atoms with Gasteiger partial charge in [-0.2, -0.15) is 0 Å². The molecule has 0 saturated heterocycles. The molecule has 8 nitrogen and oxygen atoms in total. The number of hydrogen-bond acceptors (Lipinski definition) is 7. The molecule has 3 rings (SSSR count). The monoisotopic (exact) mass is 422 g/mol. The lowest BCUT2D eigenvalue weighted by Crippen LogP contribution is -2.37. The SMILES string of the molecule is CCOC(=O)c1cnc2n(c1=O)C(C)/C(=C\N(C)C)C=C2N(C)c1ccc(C=O)cc1. The summed E-state index contributed by atoms with van der Waals surface area (Å²) in [7, 11) is 5.67. The second kappa shape index (κ2) is 8.99. The van der Waals surface area contributed by atoms with Gasteiger partial charge in [0.2, 0.25) is 0 Å². The van der Waals surface area contributed by atoms with Crippen molar-refractivity contribution in [3.05, 3.63) is 75.6 Å². The highest BCUT2D eigenvalue weighted by atomic mass is 16.5. The normalized spacial score (nSPS) is 16.4. The lowest BCUT2D eigenvalue weighted by Gasteiger charge is -2.32. The molecule has 2 heterocycles. The Labute approximate surface area is 181 Å². The minimum Gasteiger partial charge on any atom is -0.462 e. The molecule has 0 N–H and O–H groups in total. The van der Waals surface area contributed by atoms with Gasteiger partial charge in [-0.3, -0.25) is 14.2 Å². The summed E-state index contributed by atoms with van der Waals surface area (Å²) in [5.74, 6) is -0.238. The number of aldehydes is 1. The molecule has 0 aliphatic carbocycles. The highest BCUT2D eigenvalue weighted by Crippen LogP contribution is 2.33. The third kappa shape index (κ3) is 4.28. The van der Waals surface area contributed by atoms with E-state index < -0.39 is 11.5 Å². The summed E-state index contributed by atoms with van der Waals surface area (Å²) < 4.78 is 6.54. The van der Waals surface area contributed by atoms with Crippen molar-refractivity contribution in [2.24, 2.45) is 0 Å². The van der Waals surface area contributed by atoms with E-state index in [0.717, 1.165) is 17.5 Å². The Morgan fingerprint density at radius 2 is 1.90 bits per heavy atom. The topological polar surface area (TPSA) is 84.7 Å². The molecule has 162 valence electrons. The number of fused-ring (bicyclic) bond motifs is 1. The van der Waals surface area contributed by atoms with Crippen molar-refractivity contribution in [1.29, 1.82) is 0 Å². The fourth-order valence-corrected chi connectivity index (χ4v) is 3.46. The number of carbonyl (C=O) groups excluding carboxylic acids is 2. The summed E-state index contributed by atoms with van der Waals surface area (Å²) in [6.07, 6.45) is 5.97. The predicted octanol–water partition coefficient (Wildman–Crippen LogP) is 2.73. The Hall–Kier alpha value is -3.68. The molecule has 0 bridgehead atoms. The van der Waals surface area contributed by atoms with Gasteiger partial charge < -0.3 is 14.5 Å². The molecule has 1 unspecified atom stereocenters. The average molecular weight is 422 g/mol. The largest absolute Gasteiger partial charge is 0.462 e. The number of carbonyl (C=O) groups is 2. The van der Waals surface area contributed by atoms with Crippen molar-refractivity contribution in [2.75, 3.05) is 32.6 Å². The van der Waals surface area contributed by atoms with Crippen LogP contribution in [0.15, 0.2) is 53.1 Å². The maximum atomic E-state index is 13.3. The molecule has 8 heteroatoms. The second-order valence-corrected chi connectivity index (χ2v) is 7.46. The van der Waals surface area contributed by atoms with Gasteiger partial charge in [-0.05, 0) is 49.8 Å². The zero-order valence-electron chi connectivity index (χ0n) is 18.3. The number of nitrogens with zero attached hydrogens (tertiary/aromatic N) is 4. The van der Waals surface area contributed by atoms with E-state index in [1.807, 2.05) is 62.3 Å². The van der Waals surface area contributed by atoms with Crippen molar-refractivity contribution < 1.29 is 14.3 Å². The van der Waals surface area contributed by atoms with Crippen LogP contribution in [0, 0.1) is 0 Å². The first-order valence-corrected chi connectivity index (χ1v) is 9.96. The number of aromatic nitrogens is 2. The first-order chi connectivity index (χ1) is 14.8. The third-order valence-electron chi connectivity index (χ3n) is 5.08. The van der Waals surface area contributed by atoms with E-state index in [2.05, 4.69) is 4.98 Å². The lowest BCUT2D eigenvalue weighted by molar-refractivity contribution is 0.0522. The van der Waals surface area contributed by atoms with Crippen LogP contribution in [0.2, 0.25) is 0 Å². The van der Waals surface area contributed by atoms with E-state index in [1.165, 1.54) is 10.8 Å². The number of allylic oxidation sites excluding steroid dienone is 2. The van der Waals surface area contributed by atoms with Crippen LogP contribution in [0.1, 0.15) is 46.4 Å². The molecule has 0 saturated carbocycles. The smallest absolute Gasteiger partial charge is 0.345 e. The van der Waals surface area contributed by atoms with Crippen LogP contribution in [0.5, 0.6) is 0 Å². The Balaban J connectivity index is 2.19. The van der Waals surface area contributed by atoms with E-state index in [-0.39, 0.29) is 18.2 Å². The van der Waals surface area contributed by atoms with Crippen molar-refractivity contribution in [3.8, 4) is 0 Å². The average Bonchev–Trinajstić information content (AvgIpc) is 2.75. The van der Waals surface area contributed by atoms with Gasteiger partial charge in [0.15, 0.2) is 5.82 Å². The first-order valence-electron chi connectivity index (χ1n) is 9.96. The van der Waals surface area contributed by atoms with Gasteiger partial charge in [0.05, 0.1) is 18.3 Å². The van der Waals surface area contributed by atoms with Gasteiger partial charge in [0, 0.05) is 44.8 Å². The van der Waals surface area contributed by atoms with E-state index >= 15 is 0 Å². The Morgan fingerprint density at radius 1 is 1.23 bits per heavy atom. The lowest BCUT2D eigenvalue weighted by atomic mass is 10.0. The molecule has 1 aromatic carbocycles. The summed E-state index contributed by atoms with van der Waals surface area (Å²) in [6, 6.07) is 6.78. The van der Waals surface area contributed by atoms with E-state index in [4.69, 9.17) is 4.74 Å². The molecule has 0 amide bonds. The highest BCUT2D eigenvalue weighted by Gasteiger charge is 2.29. The second-order valence-electron chi connectivity index (χ2n) is 7.46. The van der Waals surface area contributed by atoms with Crippen molar-refractivity contribution >= 4 is 23.6 Å². The molecular formula is C23H26N4O4. The first kappa shape index (κ1) is 22.0. The number of ether oxygens (including phenoxy) is 1. The molecule has 1 aliphatic rings. The van der Waals surface area contributed by atoms with Gasteiger partial charge in [-0.15, -0.1) is 0 Å². The maximum absolute atomic E-state index is 13.3. The molecule has 31 heavy (non-hydrogen) atoms. The summed E-state index contributed by atoms with van der Waals surface area (Å²) in [5.41, 5.74) is 2.43. The maximum Gasteiger partial charge on any atom is 0.345 e. The van der Waals surface area contributed by atoms with E-state index in [9.17, 15) is 14.4 Å². The summed E-state index contributed by atoms with van der Waals surface area (Å²) >= 11 is 0. The van der Waals surface area contributed by atoms with Crippen LogP contribution in [0.3, 0.4) is 0 Å². The molecule has 2 aromatic rings. The van der Waals surface area contributed by atoms with Gasteiger partial charge in [-0.1, -0.05) is 0 Å². The zero-order chi connectivity index (χ0) is 22.7. The molecule has 1 atom stereocenters. The summed E-state index contributed by atoms with van der Waals surface area (Å²) in [4.78, 5) is 44.8. The van der Waals surface area contributed by atoms with Crippen molar-refractivity contribution in [2.45, 2.75) is 19.9 Å². The molecule has 1 aliphatic heterocycles.